The Kier molecular flexibility index (Phi) is 5.34. The highest BCUT2D eigenvalue weighted by Crippen LogP contribution is 2.34. The van der Waals surface area contributed by atoms with Gasteiger partial charge in [-0.3, -0.25) is 9.59 Å². The molecule has 3 heterocycles. The predicted molar refractivity (Wildman–Crippen MR) is 89.5 cm³/mol. The van der Waals surface area contributed by atoms with Crippen molar-refractivity contribution in [3.8, 4) is 0 Å². The third-order valence-corrected chi connectivity index (χ3v) is 4.63. The number of anilines is 1. The van der Waals surface area contributed by atoms with E-state index in [2.05, 4.69) is 15.4 Å². The summed E-state index contributed by atoms with van der Waals surface area (Å²) in [6.45, 7) is -1.09. The zero-order valence-corrected chi connectivity index (χ0v) is 15.0. The monoisotopic (exact) mass is 399 g/mol. The summed E-state index contributed by atoms with van der Waals surface area (Å²) >= 11 is 0. The molecule has 1 aliphatic rings. The number of pyridine rings is 1. The average molecular weight is 399 g/mol. The summed E-state index contributed by atoms with van der Waals surface area (Å²) in [5.41, 5.74) is 0.0486. The fourth-order valence-electron chi connectivity index (χ4n) is 3.24. The van der Waals surface area contributed by atoms with Gasteiger partial charge in [0.15, 0.2) is 0 Å². The van der Waals surface area contributed by atoms with Crippen molar-refractivity contribution in [2.45, 2.75) is 25.8 Å². The third kappa shape index (κ3) is 3.56. The number of nitrogens with one attached hydrogen (secondary N) is 1. The van der Waals surface area contributed by atoms with Crippen molar-refractivity contribution >= 4 is 17.5 Å². The Bertz CT molecular complexity index is 917. The summed E-state index contributed by atoms with van der Waals surface area (Å²) in [4.78, 5) is 29.4. The second kappa shape index (κ2) is 7.56. The van der Waals surface area contributed by atoms with Gasteiger partial charge in [-0.25, -0.2) is 4.68 Å². The van der Waals surface area contributed by atoms with Gasteiger partial charge in [-0.15, -0.1) is 0 Å². The number of carbonyl (C=O) groups excluding carboxylic acids is 2. The van der Waals surface area contributed by atoms with E-state index in [4.69, 9.17) is 0 Å². The molecule has 2 atom stereocenters. The van der Waals surface area contributed by atoms with Crippen LogP contribution in [0.25, 0.3) is 0 Å². The van der Waals surface area contributed by atoms with Crippen molar-refractivity contribution in [3.05, 3.63) is 41.5 Å². The minimum atomic E-state index is -2.86. The zero-order valence-electron chi connectivity index (χ0n) is 15.0. The highest BCUT2D eigenvalue weighted by molar-refractivity contribution is 6.08. The van der Waals surface area contributed by atoms with E-state index in [0.29, 0.717) is 4.68 Å². The van der Waals surface area contributed by atoms with Gasteiger partial charge in [0.25, 0.3) is 0 Å². The molecule has 0 saturated carbocycles. The Labute approximate surface area is 157 Å². The summed E-state index contributed by atoms with van der Waals surface area (Å²) in [6.07, 6.45) is 0.289. The highest BCUT2D eigenvalue weighted by Gasteiger charge is 2.46. The number of carbonyl (C=O) groups is 2. The van der Waals surface area contributed by atoms with Crippen LogP contribution in [0.5, 0.6) is 0 Å². The number of hydrogen-bond donors (Lipinski definition) is 1. The average Bonchev–Trinajstić information content (AvgIpc) is 3.19. The zero-order chi connectivity index (χ0) is 20.6. The lowest BCUT2D eigenvalue weighted by molar-refractivity contribution is -0.135. The van der Waals surface area contributed by atoms with Crippen molar-refractivity contribution in [2.75, 3.05) is 18.9 Å². The molecule has 0 bridgehead atoms. The van der Waals surface area contributed by atoms with Gasteiger partial charge < -0.3 is 10.2 Å². The van der Waals surface area contributed by atoms with Gasteiger partial charge in [0.1, 0.15) is 5.92 Å². The van der Waals surface area contributed by atoms with Crippen LogP contribution in [0.15, 0.2) is 18.2 Å². The first-order valence-corrected chi connectivity index (χ1v) is 8.47. The Balaban J connectivity index is 1.91. The molecule has 2 amide bonds. The van der Waals surface area contributed by atoms with Crippen molar-refractivity contribution in [3.63, 3.8) is 0 Å². The first-order valence-electron chi connectivity index (χ1n) is 8.47. The Hall–Kier alpha value is -2.98. The maximum absolute atomic E-state index is 13.7. The summed E-state index contributed by atoms with van der Waals surface area (Å²) in [7, 11) is 1.47. The van der Waals surface area contributed by atoms with Gasteiger partial charge in [-0.1, -0.05) is 6.92 Å². The standard InChI is InChI=1S/C17H17F4N5O2/c1-3-8-6-11(24-26(8)17(20)21)9-7-25(2)16(28)13(9)15(27)22-10-4-5-12(18)23-14(10)19/h4-6,9,13,17H,3,7H2,1-2H3,(H,22,27). The molecule has 3 rings (SSSR count). The fourth-order valence-corrected chi connectivity index (χ4v) is 3.24. The molecular formula is C17H17F4N5O2. The van der Waals surface area contributed by atoms with E-state index in [0.717, 1.165) is 12.1 Å². The number of amides is 2. The molecule has 7 nitrogen and oxygen atoms in total. The number of hydrogen-bond acceptors (Lipinski definition) is 4. The third-order valence-electron chi connectivity index (χ3n) is 4.63. The number of likely N-dealkylation sites (N-methyl/N-ethyl adjacent to an activating group) is 1. The van der Waals surface area contributed by atoms with Crippen molar-refractivity contribution < 1.29 is 27.2 Å². The second-order valence-electron chi connectivity index (χ2n) is 6.40. The molecule has 1 N–H and O–H groups in total. The molecule has 11 heteroatoms. The highest BCUT2D eigenvalue weighted by atomic mass is 19.3. The molecule has 1 fully saturated rings. The van der Waals surface area contributed by atoms with Crippen LogP contribution in [0.4, 0.5) is 23.2 Å². The molecule has 0 aliphatic carbocycles. The predicted octanol–water partition coefficient (Wildman–Crippen LogP) is 2.32. The molecule has 1 saturated heterocycles. The van der Waals surface area contributed by atoms with Gasteiger partial charge >= 0.3 is 6.55 Å². The summed E-state index contributed by atoms with van der Waals surface area (Å²) < 4.78 is 53.5. The lowest BCUT2D eigenvalue weighted by Gasteiger charge is -2.15. The molecule has 1 aliphatic heterocycles. The number of nitrogens with zero attached hydrogens (tertiary/aromatic N) is 4. The number of aryl methyl sites for hydroxylation is 1. The van der Waals surface area contributed by atoms with Gasteiger partial charge in [-0.2, -0.15) is 27.6 Å². The van der Waals surface area contributed by atoms with Crippen LogP contribution < -0.4 is 5.32 Å². The smallest absolute Gasteiger partial charge is 0.333 e. The number of rotatable bonds is 5. The lowest BCUT2D eigenvalue weighted by Crippen LogP contribution is -2.33. The topological polar surface area (TPSA) is 80.1 Å². The first kappa shape index (κ1) is 19.8. The fraction of sp³-hybridized carbons (Fsp3) is 0.412. The first-order chi connectivity index (χ1) is 13.2. The molecule has 0 aromatic carbocycles. The molecule has 2 unspecified atom stereocenters. The van der Waals surface area contributed by atoms with Crippen LogP contribution in [-0.4, -0.2) is 45.1 Å². The van der Waals surface area contributed by atoms with Gasteiger partial charge in [0.2, 0.25) is 23.7 Å². The lowest BCUT2D eigenvalue weighted by atomic mass is 9.91. The summed E-state index contributed by atoms with van der Waals surface area (Å²) in [5, 5.41) is 6.09. The molecule has 150 valence electrons. The van der Waals surface area contributed by atoms with Gasteiger partial charge in [0.05, 0.1) is 11.4 Å². The van der Waals surface area contributed by atoms with Crippen molar-refractivity contribution in [2.24, 2.45) is 5.92 Å². The quantitative estimate of drug-likeness (QED) is 0.476. The molecular weight excluding hydrogens is 382 g/mol. The summed E-state index contributed by atoms with van der Waals surface area (Å²) in [6, 6.07) is 3.27. The van der Waals surface area contributed by atoms with Crippen LogP contribution in [-0.2, 0) is 16.0 Å². The molecule has 2 aromatic heterocycles. The minimum Gasteiger partial charge on any atom is -0.344 e. The minimum absolute atomic E-state index is 0.0878. The Morgan fingerprint density at radius 2 is 2.07 bits per heavy atom. The largest absolute Gasteiger partial charge is 0.344 e. The molecule has 0 radical (unpaired) electrons. The number of aromatic nitrogens is 3. The maximum Gasteiger partial charge on any atom is 0.333 e. The Morgan fingerprint density at radius 1 is 1.36 bits per heavy atom. The molecule has 28 heavy (non-hydrogen) atoms. The summed E-state index contributed by atoms with van der Waals surface area (Å²) in [5.74, 6) is -5.79. The van der Waals surface area contributed by atoms with Crippen LogP contribution in [0, 0.1) is 17.8 Å². The van der Waals surface area contributed by atoms with Crippen LogP contribution in [0.3, 0.4) is 0 Å². The normalized spacial score (nSPS) is 19.5. The van der Waals surface area contributed by atoms with E-state index in [1.165, 1.54) is 18.0 Å². The van der Waals surface area contributed by atoms with E-state index < -0.39 is 42.1 Å². The Morgan fingerprint density at radius 3 is 2.64 bits per heavy atom. The van der Waals surface area contributed by atoms with E-state index >= 15 is 0 Å². The van der Waals surface area contributed by atoms with Crippen LogP contribution in [0.1, 0.15) is 30.8 Å². The SMILES string of the molecule is CCc1cc(C2CN(C)C(=O)C2C(=O)Nc2ccc(F)nc2F)nn1C(F)F. The number of alkyl halides is 2. The molecule has 2 aromatic rings. The van der Waals surface area contributed by atoms with E-state index in [1.807, 2.05) is 0 Å². The van der Waals surface area contributed by atoms with Crippen LogP contribution >= 0.6 is 0 Å². The molecule has 0 spiro atoms. The number of likely N-dealkylation sites (tertiary alicyclic amines) is 1. The second-order valence-corrected chi connectivity index (χ2v) is 6.40. The van der Waals surface area contributed by atoms with Crippen molar-refractivity contribution in [1.29, 1.82) is 0 Å². The maximum atomic E-state index is 13.7. The number of halogens is 4. The van der Waals surface area contributed by atoms with Gasteiger partial charge in [0, 0.05) is 25.2 Å². The van der Waals surface area contributed by atoms with Gasteiger partial charge in [-0.05, 0) is 24.6 Å². The van der Waals surface area contributed by atoms with E-state index in [1.54, 1.807) is 6.92 Å². The van der Waals surface area contributed by atoms with E-state index in [-0.39, 0.29) is 30.0 Å². The van der Waals surface area contributed by atoms with Crippen molar-refractivity contribution in [1.82, 2.24) is 19.7 Å². The van der Waals surface area contributed by atoms with E-state index in [9.17, 15) is 27.2 Å². The van der Waals surface area contributed by atoms with Crippen LogP contribution in [0.2, 0.25) is 0 Å².